The maximum absolute atomic E-state index is 13.5. The predicted molar refractivity (Wildman–Crippen MR) is 115 cm³/mol. The van der Waals surface area contributed by atoms with Crippen LogP contribution in [0.3, 0.4) is 0 Å². The van der Waals surface area contributed by atoms with Crippen molar-refractivity contribution >= 4 is 34.8 Å². The molecule has 2 fully saturated rings. The van der Waals surface area contributed by atoms with Crippen molar-refractivity contribution in [2.75, 3.05) is 9.96 Å². The van der Waals surface area contributed by atoms with Gasteiger partial charge in [0.05, 0.1) is 17.4 Å². The molecule has 5 rings (SSSR count). The largest absolute Gasteiger partial charge is 0.273 e. The zero-order valence-electron chi connectivity index (χ0n) is 16.2. The minimum Gasteiger partial charge on any atom is -0.273 e. The molecule has 0 spiro atoms. The maximum Gasteiger partial charge on any atom is 0.266 e. The summed E-state index contributed by atoms with van der Waals surface area (Å²) in [5.74, 6) is -1.25. The monoisotopic (exact) mass is 418 g/mol. The van der Waals surface area contributed by atoms with E-state index in [1.165, 1.54) is 4.90 Å². The second-order valence-corrected chi connectivity index (χ2v) is 8.00. The highest BCUT2D eigenvalue weighted by Crippen LogP contribution is 2.47. The summed E-state index contributed by atoms with van der Waals surface area (Å²) in [5.41, 5.74) is 3.20. The zero-order valence-corrected chi connectivity index (χ0v) is 17.0. The number of hydrogen-bond acceptors (Lipinski definition) is 4. The lowest BCUT2D eigenvalue weighted by Gasteiger charge is -2.28. The van der Waals surface area contributed by atoms with Gasteiger partial charge in [0.25, 0.3) is 5.91 Å². The molecular formula is C24H19ClN2O3. The average molecular weight is 419 g/mol. The number of imide groups is 1. The minimum atomic E-state index is -0.876. The number of carbonyl (C=O) groups is 2. The molecule has 2 aliphatic rings. The molecule has 0 saturated carbocycles. The van der Waals surface area contributed by atoms with Gasteiger partial charge >= 0.3 is 0 Å². The van der Waals surface area contributed by atoms with Gasteiger partial charge in [-0.25, -0.2) is 9.96 Å². The third kappa shape index (κ3) is 2.98. The van der Waals surface area contributed by atoms with E-state index in [1.54, 1.807) is 23.3 Å². The number of anilines is 2. The van der Waals surface area contributed by atoms with Crippen LogP contribution in [0.2, 0.25) is 5.02 Å². The van der Waals surface area contributed by atoms with Gasteiger partial charge in [0.15, 0.2) is 6.10 Å². The summed E-state index contributed by atoms with van der Waals surface area (Å²) in [6, 6.07) is 23.8. The van der Waals surface area contributed by atoms with Crippen molar-refractivity contribution in [2.24, 2.45) is 5.92 Å². The highest BCUT2D eigenvalue weighted by Gasteiger charge is 2.60. The van der Waals surface area contributed by atoms with Gasteiger partial charge in [-0.2, -0.15) is 0 Å². The van der Waals surface area contributed by atoms with Crippen molar-refractivity contribution in [2.45, 2.75) is 19.1 Å². The lowest BCUT2D eigenvalue weighted by Crippen LogP contribution is -2.37. The molecule has 6 heteroatoms. The van der Waals surface area contributed by atoms with Crippen LogP contribution in [0.5, 0.6) is 0 Å². The highest BCUT2D eigenvalue weighted by atomic mass is 35.5. The van der Waals surface area contributed by atoms with E-state index in [9.17, 15) is 9.59 Å². The Morgan fingerprint density at radius 3 is 2.23 bits per heavy atom. The Kier molecular flexibility index (Phi) is 4.57. The lowest BCUT2D eigenvalue weighted by molar-refractivity contribution is -0.126. The van der Waals surface area contributed by atoms with E-state index in [-0.39, 0.29) is 11.8 Å². The van der Waals surface area contributed by atoms with Crippen LogP contribution < -0.4 is 9.96 Å². The molecule has 0 radical (unpaired) electrons. The molecule has 3 atom stereocenters. The number of rotatable bonds is 3. The summed E-state index contributed by atoms with van der Waals surface area (Å²) in [4.78, 5) is 34.1. The van der Waals surface area contributed by atoms with Gasteiger partial charge in [0, 0.05) is 5.02 Å². The summed E-state index contributed by atoms with van der Waals surface area (Å²) in [6.45, 7) is 1.93. The van der Waals surface area contributed by atoms with Crippen molar-refractivity contribution in [3.05, 3.63) is 95.0 Å². The Morgan fingerprint density at radius 2 is 1.53 bits per heavy atom. The molecule has 5 nitrogen and oxygen atoms in total. The molecule has 0 bridgehead atoms. The number of carbonyl (C=O) groups excluding carboxylic acids is 2. The van der Waals surface area contributed by atoms with Crippen LogP contribution in [-0.4, -0.2) is 17.9 Å². The fourth-order valence-electron chi connectivity index (χ4n) is 4.23. The first-order valence-corrected chi connectivity index (χ1v) is 10.1. The zero-order chi connectivity index (χ0) is 20.8. The average Bonchev–Trinajstić information content (AvgIpc) is 3.26. The lowest BCUT2D eigenvalue weighted by atomic mass is 9.90. The maximum atomic E-state index is 13.5. The van der Waals surface area contributed by atoms with Gasteiger partial charge < -0.3 is 0 Å². The molecule has 0 aromatic heterocycles. The first kappa shape index (κ1) is 18.9. The number of fused-ring (bicyclic) bond motifs is 1. The van der Waals surface area contributed by atoms with Crippen LogP contribution in [0.1, 0.15) is 17.2 Å². The summed E-state index contributed by atoms with van der Waals surface area (Å²) >= 11 is 6.08. The van der Waals surface area contributed by atoms with Crippen LogP contribution in [-0.2, 0) is 14.4 Å². The van der Waals surface area contributed by atoms with E-state index in [2.05, 4.69) is 0 Å². The van der Waals surface area contributed by atoms with Crippen LogP contribution in [0.15, 0.2) is 78.9 Å². The normalized spacial score (nSPS) is 23.2. The second-order valence-electron chi connectivity index (χ2n) is 7.56. The second kappa shape index (κ2) is 7.27. The Morgan fingerprint density at radius 1 is 0.833 bits per heavy atom. The number of para-hydroxylation sites is 1. The third-order valence-electron chi connectivity index (χ3n) is 5.60. The van der Waals surface area contributed by atoms with Crippen molar-refractivity contribution in [1.29, 1.82) is 0 Å². The first-order valence-electron chi connectivity index (χ1n) is 9.75. The predicted octanol–water partition coefficient (Wildman–Crippen LogP) is 4.70. The highest BCUT2D eigenvalue weighted by molar-refractivity contribution is 6.30. The van der Waals surface area contributed by atoms with Gasteiger partial charge in [0.2, 0.25) is 5.91 Å². The van der Waals surface area contributed by atoms with E-state index in [0.29, 0.717) is 10.7 Å². The number of nitrogens with zero attached hydrogens (tertiary/aromatic N) is 2. The molecule has 0 N–H and O–H groups in total. The molecular weight excluding hydrogens is 400 g/mol. The Hall–Kier alpha value is -3.15. The smallest absolute Gasteiger partial charge is 0.266 e. The van der Waals surface area contributed by atoms with Gasteiger partial charge in [0.1, 0.15) is 5.92 Å². The van der Waals surface area contributed by atoms with Gasteiger partial charge in [-0.15, -0.1) is 0 Å². The van der Waals surface area contributed by atoms with Crippen LogP contribution in [0.4, 0.5) is 11.4 Å². The van der Waals surface area contributed by atoms with Crippen molar-refractivity contribution < 1.29 is 14.4 Å². The molecule has 3 aromatic rings. The molecule has 0 unspecified atom stereocenters. The number of benzene rings is 3. The van der Waals surface area contributed by atoms with Crippen LogP contribution in [0, 0.1) is 12.8 Å². The number of amides is 2. The number of hydrogen-bond donors (Lipinski definition) is 0. The molecule has 2 amide bonds. The Labute approximate surface area is 179 Å². The molecule has 2 aliphatic heterocycles. The fraction of sp³-hybridized carbons (Fsp3) is 0.167. The Bertz CT molecular complexity index is 1120. The first-order chi connectivity index (χ1) is 14.5. The molecule has 3 aromatic carbocycles. The summed E-state index contributed by atoms with van der Waals surface area (Å²) in [5, 5.41) is 2.29. The van der Waals surface area contributed by atoms with Gasteiger partial charge in [-0.05, 0) is 54.4 Å². The summed E-state index contributed by atoms with van der Waals surface area (Å²) < 4.78 is 0. The summed E-state index contributed by atoms with van der Waals surface area (Å²) in [7, 11) is 0. The van der Waals surface area contributed by atoms with Crippen molar-refractivity contribution in [3.8, 4) is 0 Å². The SMILES string of the molecule is Cc1cccc(N2C(=O)[C@@H]3[C@H](ON(c4ccccc4)[C@@H]3c3ccc(Cl)cc3)C2=O)c1. The third-order valence-corrected chi connectivity index (χ3v) is 5.85. The van der Waals surface area contributed by atoms with Gasteiger partial charge in [-0.1, -0.05) is 54.1 Å². The number of aryl methyl sites for hydroxylation is 1. The topological polar surface area (TPSA) is 49.9 Å². The standard InChI is InChI=1S/C24H19ClN2O3/c1-15-6-5-9-19(14-15)26-23(28)20-21(16-10-12-17(25)13-11-16)27(30-22(20)24(26)29)18-7-3-2-4-8-18/h2-14,20-22H,1H3/t20-,21+,22-/m0/s1. The quantitative estimate of drug-likeness (QED) is 0.578. The van der Waals surface area contributed by atoms with E-state index in [1.807, 2.05) is 67.6 Å². The number of halogens is 1. The molecule has 0 aliphatic carbocycles. The molecule has 150 valence electrons. The van der Waals surface area contributed by atoms with E-state index >= 15 is 0 Å². The number of hydroxylamine groups is 1. The van der Waals surface area contributed by atoms with E-state index < -0.39 is 18.1 Å². The minimum absolute atomic E-state index is 0.256. The van der Waals surface area contributed by atoms with E-state index in [4.69, 9.17) is 16.4 Å². The van der Waals surface area contributed by atoms with Crippen molar-refractivity contribution in [3.63, 3.8) is 0 Å². The van der Waals surface area contributed by atoms with Crippen LogP contribution >= 0.6 is 11.6 Å². The molecule has 2 saturated heterocycles. The fourth-order valence-corrected chi connectivity index (χ4v) is 4.36. The molecule has 2 heterocycles. The van der Waals surface area contributed by atoms with E-state index in [0.717, 1.165) is 16.8 Å². The summed E-state index contributed by atoms with van der Waals surface area (Å²) in [6.07, 6.45) is -0.876. The van der Waals surface area contributed by atoms with Gasteiger partial charge in [-0.3, -0.25) is 14.4 Å². The molecule has 30 heavy (non-hydrogen) atoms. The van der Waals surface area contributed by atoms with Crippen LogP contribution in [0.25, 0.3) is 0 Å². The Balaban J connectivity index is 1.59. The van der Waals surface area contributed by atoms with Crippen molar-refractivity contribution in [1.82, 2.24) is 0 Å².